The molecular formula is C20H25N5OS. The number of carbonyl (C=O) groups is 1. The van der Waals surface area contributed by atoms with Gasteiger partial charge in [-0.15, -0.1) is 5.10 Å². The predicted molar refractivity (Wildman–Crippen MR) is 108 cm³/mol. The topological polar surface area (TPSA) is 72.2 Å². The standard InChI is InChI=1S/C20H25N5OS/c1-5-9-17(16-10-7-6-8-11-16)22-18(26)12-27-20-23-19-21-14(3)13(2)15(4)25(19)24-20/h6-8,10-11,17H,5,9,12H2,1-4H3,(H,22,26). The maximum atomic E-state index is 12.5. The van der Waals surface area contributed by atoms with Crippen LogP contribution in [0, 0.1) is 20.8 Å². The molecular weight excluding hydrogens is 358 g/mol. The van der Waals surface area contributed by atoms with Crippen molar-refractivity contribution in [3.63, 3.8) is 0 Å². The lowest BCUT2D eigenvalue weighted by Gasteiger charge is -2.18. The lowest BCUT2D eigenvalue weighted by atomic mass is 10.0. The van der Waals surface area contributed by atoms with Crippen LogP contribution in [0.3, 0.4) is 0 Å². The van der Waals surface area contributed by atoms with Crippen LogP contribution in [-0.4, -0.2) is 31.2 Å². The fourth-order valence-electron chi connectivity index (χ4n) is 2.96. The van der Waals surface area contributed by atoms with Gasteiger partial charge in [0.1, 0.15) is 0 Å². The van der Waals surface area contributed by atoms with Crippen molar-refractivity contribution in [2.45, 2.75) is 51.7 Å². The van der Waals surface area contributed by atoms with Gasteiger partial charge in [0.2, 0.25) is 11.1 Å². The monoisotopic (exact) mass is 383 g/mol. The first-order valence-corrected chi connectivity index (χ1v) is 10.2. The van der Waals surface area contributed by atoms with E-state index in [9.17, 15) is 4.79 Å². The van der Waals surface area contributed by atoms with Crippen molar-refractivity contribution >= 4 is 23.4 Å². The van der Waals surface area contributed by atoms with Crippen LogP contribution in [0.15, 0.2) is 35.5 Å². The van der Waals surface area contributed by atoms with Gasteiger partial charge >= 0.3 is 0 Å². The summed E-state index contributed by atoms with van der Waals surface area (Å²) < 4.78 is 1.74. The van der Waals surface area contributed by atoms with E-state index in [0.29, 0.717) is 10.9 Å². The molecule has 1 atom stereocenters. The van der Waals surface area contributed by atoms with Crippen LogP contribution in [0.4, 0.5) is 0 Å². The molecule has 27 heavy (non-hydrogen) atoms. The Morgan fingerprint density at radius 3 is 2.63 bits per heavy atom. The molecule has 1 N–H and O–H groups in total. The van der Waals surface area contributed by atoms with E-state index in [-0.39, 0.29) is 17.7 Å². The molecule has 142 valence electrons. The van der Waals surface area contributed by atoms with Crippen LogP contribution in [0.5, 0.6) is 0 Å². The minimum atomic E-state index is -0.0156. The van der Waals surface area contributed by atoms with Crippen molar-refractivity contribution in [2.24, 2.45) is 0 Å². The highest BCUT2D eigenvalue weighted by atomic mass is 32.2. The van der Waals surface area contributed by atoms with Gasteiger partial charge in [-0.2, -0.15) is 4.98 Å². The number of nitrogens with zero attached hydrogens (tertiary/aromatic N) is 4. The number of carbonyl (C=O) groups excluding carboxylic acids is 1. The van der Waals surface area contributed by atoms with E-state index in [1.165, 1.54) is 11.8 Å². The smallest absolute Gasteiger partial charge is 0.253 e. The fourth-order valence-corrected chi connectivity index (χ4v) is 3.59. The molecule has 2 aromatic heterocycles. The third-order valence-corrected chi connectivity index (χ3v) is 5.53. The predicted octanol–water partition coefficient (Wildman–Crippen LogP) is 3.80. The van der Waals surface area contributed by atoms with Crippen molar-refractivity contribution in [3.8, 4) is 0 Å². The lowest BCUT2D eigenvalue weighted by molar-refractivity contribution is -0.119. The number of hydrogen-bond donors (Lipinski definition) is 1. The molecule has 2 heterocycles. The first-order valence-electron chi connectivity index (χ1n) is 9.17. The molecule has 0 bridgehead atoms. The number of rotatable bonds is 7. The third kappa shape index (κ3) is 4.47. The van der Waals surface area contributed by atoms with E-state index in [4.69, 9.17) is 0 Å². The van der Waals surface area contributed by atoms with Crippen LogP contribution in [0.2, 0.25) is 0 Å². The normalized spacial score (nSPS) is 12.3. The Balaban J connectivity index is 1.66. The highest BCUT2D eigenvalue weighted by Crippen LogP contribution is 2.20. The molecule has 0 aliphatic carbocycles. The molecule has 0 aliphatic rings. The SMILES string of the molecule is CCCC(NC(=O)CSc1nc2nc(C)c(C)c(C)n2n1)c1ccccc1. The number of amides is 1. The summed E-state index contributed by atoms with van der Waals surface area (Å²) in [4.78, 5) is 21.4. The van der Waals surface area contributed by atoms with Gasteiger partial charge in [0.15, 0.2) is 0 Å². The summed E-state index contributed by atoms with van der Waals surface area (Å²) >= 11 is 1.33. The molecule has 0 fully saturated rings. The molecule has 1 unspecified atom stereocenters. The molecule has 1 amide bonds. The second kappa shape index (κ2) is 8.52. The molecule has 0 spiro atoms. The minimum Gasteiger partial charge on any atom is -0.349 e. The Morgan fingerprint density at radius 1 is 1.19 bits per heavy atom. The molecule has 1 aromatic carbocycles. The zero-order valence-electron chi connectivity index (χ0n) is 16.2. The minimum absolute atomic E-state index is 0.0156. The van der Waals surface area contributed by atoms with Gasteiger partial charge in [-0.25, -0.2) is 9.50 Å². The fraction of sp³-hybridized carbons (Fsp3) is 0.400. The van der Waals surface area contributed by atoms with Crippen LogP contribution < -0.4 is 5.32 Å². The first kappa shape index (κ1) is 19.4. The number of thioether (sulfide) groups is 1. The summed E-state index contributed by atoms with van der Waals surface area (Å²) in [5.74, 6) is 0.839. The van der Waals surface area contributed by atoms with E-state index in [2.05, 4.69) is 39.4 Å². The number of aromatic nitrogens is 4. The molecule has 0 saturated carbocycles. The molecule has 3 rings (SSSR count). The Hall–Kier alpha value is -2.41. The van der Waals surface area contributed by atoms with Gasteiger partial charge in [0, 0.05) is 11.4 Å². The summed E-state index contributed by atoms with van der Waals surface area (Å²) in [6.45, 7) is 8.12. The summed E-state index contributed by atoms with van der Waals surface area (Å²) in [6.07, 6.45) is 1.92. The van der Waals surface area contributed by atoms with Crippen molar-refractivity contribution in [2.75, 3.05) is 5.75 Å². The molecule has 3 aromatic rings. The molecule has 0 aliphatic heterocycles. The number of benzene rings is 1. The Morgan fingerprint density at radius 2 is 1.93 bits per heavy atom. The van der Waals surface area contributed by atoms with Crippen molar-refractivity contribution < 1.29 is 4.79 Å². The molecule has 6 nitrogen and oxygen atoms in total. The second-order valence-corrected chi connectivity index (χ2v) is 7.56. The van der Waals surface area contributed by atoms with E-state index in [1.807, 2.05) is 39.0 Å². The van der Waals surface area contributed by atoms with Crippen molar-refractivity contribution in [1.29, 1.82) is 0 Å². The Bertz CT molecular complexity index is 938. The lowest BCUT2D eigenvalue weighted by Crippen LogP contribution is -2.29. The Labute approximate surface area is 163 Å². The summed E-state index contributed by atoms with van der Waals surface area (Å²) in [7, 11) is 0. The number of fused-ring (bicyclic) bond motifs is 1. The summed E-state index contributed by atoms with van der Waals surface area (Å²) in [6, 6.07) is 10.1. The van der Waals surface area contributed by atoms with Crippen LogP contribution in [0.25, 0.3) is 5.78 Å². The zero-order valence-corrected chi connectivity index (χ0v) is 17.0. The number of aryl methyl sites for hydroxylation is 2. The highest BCUT2D eigenvalue weighted by molar-refractivity contribution is 7.99. The molecule has 7 heteroatoms. The van der Waals surface area contributed by atoms with E-state index < -0.39 is 0 Å². The average Bonchev–Trinajstić information content (AvgIpc) is 3.08. The maximum absolute atomic E-state index is 12.5. The Kier molecular flexibility index (Phi) is 6.11. The van der Waals surface area contributed by atoms with Crippen LogP contribution >= 0.6 is 11.8 Å². The summed E-state index contributed by atoms with van der Waals surface area (Å²) in [5, 5.41) is 8.18. The van der Waals surface area contributed by atoms with Gasteiger partial charge in [-0.05, 0) is 38.3 Å². The number of hydrogen-bond acceptors (Lipinski definition) is 5. The largest absolute Gasteiger partial charge is 0.349 e. The van der Waals surface area contributed by atoms with Crippen LogP contribution in [-0.2, 0) is 4.79 Å². The average molecular weight is 384 g/mol. The van der Waals surface area contributed by atoms with Gasteiger partial charge < -0.3 is 5.32 Å². The van der Waals surface area contributed by atoms with E-state index in [1.54, 1.807) is 4.52 Å². The number of nitrogens with one attached hydrogen (secondary N) is 1. The van der Waals surface area contributed by atoms with Gasteiger partial charge in [-0.3, -0.25) is 4.79 Å². The molecule has 0 saturated heterocycles. The summed E-state index contributed by atoms with van der Waals surface area (Å²) in [5.41, 5.74) is 4.21. The van der Waals surface area contributed by atoms with Crippen LogP contribution in [0.1, 0.15) is 48.3 Å². The van der Waals surface area contributed by atoms with E-state index >= 15 is 0 Å². The highest BCUT2D eigenvalue weighted by Gasteiger charge is 2.16. The molecule has 0 radical (unpaired) electrons. The van der Waals surface area contributed by atoms with E-state index in [0.717, 1.165) is 35.4 Å². The van der Waals surface area contributed by atoms with Gasteiger partial charge in [-0.1, -0.05) is 55.4 Å². The third-order valence-electron chi connectivity index (χ3n) is 4.69. The second-order valence-electron chi connectivity index (χ2n) is 6.62. The van der Waals surface area contributed by atoms with Crippen molar-refractivity contribution in [1.82, 2.24) is 24.9 Å². The maximum Gasteiger partial charge on any atom is 0.253 e. The first-order chi connectivity index (χ1) is 13.0. The van der Waals surface area contributed by atoms with Gasteiger partial charge in [0.25, 0.3) is 5.78 Å². The van der Waals surface area contributed by atoms with Crippen molar-refractivity contribution in [3.05, 3.63) is 52.8 Å². The van der Waals surface area contributed by atoms with Gasteiger partial charge in [0.05, 0.1) is 11.8 Å². The zero-order chi connectivity index (χ0) is 19.4. The quantitative estimate of drug-likeness (QED) is 0.628.